The van der Waals surface area contributed by atoms with Crippen molar-refractivity contribution >= 4 is 39.9 Å². The van der Waals surface area contributed by atoms with Crippen molar-refractivity contribution in [2.45, 2.75) is 0 Å². The van der Waals surface area contributed by atoms with Crippen molar-refractivity contribution in [2.24, 2.45) is 5.73 Å². The number of fused-ring (bicyclic) bond motifs is 1. The predicted octanol–water partition coefficient (Wildman–Crippen LogP) is 4.20. The first-order chi connectivity index (χ1) is 14.1. The van der Waals surface area contributed by atoms with Crippen LogP contribution in [-0.4, -0.2) is 28.0 Å². The first kappa shape index (κ1) is 18.6. The van der Waals surface area contributed by atoms with Crippen LogP contribution in [0.5, 0.6) is 5.75 Å². The number of rotatable bonds is 5. The van der Waals surface area contributed by atoms with Crippen LogP contribution in [0.4, 0.5) is 11.5 Å². The number of carbonyl (C=O) groups is 1. The standard InChI is InChI=1S/C21H16ClN5O2/c1-29-18-9-14-17(10-15(18)22)26-20(12-5-4-8-24-11-12)27-21(14)25-16-7-3-2-6-13(16)19(23)28/h2-11H,1H3,(H2,23,28)(H,25,26,27). The number of nitrogens with two attached hydrogens (primary N) is 1. The number of para-hydroxylation sites is 1. The number of nitrogens with zero attached hydrogens (tertiary/aromatic N) is 3. The van der Waals surface area contributed by atoms with Crippen molar-refractivity contribution in [3.8, 4) is 17.1 Å². The molecular weight excluding hydrogens is 390 g/mol. The lowest BCUT2D eigenvalue weighted by molar-refractivity contribution is 0.100. The van der Waals surface area contributed by atoms with Crippen molar-refractivity contribution in [1.82, 2.24) is 15.0 Å². The van der Waals surface area contributed by atoms with Gasteiger partial charge in [-0.25, -0.2) is 9.97 Å². The van der Waals surface area contributed by atoms with Gasteiger partial charge < -0.3 is 15.8 Å². The third kappa shape index (κ3) is 3.68. The Hall–Kier alpha value is -3.71. The summed E-state index contributed by atoms with van der Waals surface area (Å²) in [7, 11) is 1.54. The predicted molar refractivity (Wildman–Crippen MR) is 113 cm³/mol. The van der Waals surface area contributed by atoms with E-state index in [1.807, 2.05) is 6.07 Å². The fraction of sp³-hybridized carbons (Fsp3) is 0.0476. The van der Waals surface area contributed by atoms with Gasteiger partial charge in [-0.15, -0.1) is 0 Å². The van der Waals surface area contributed by atoms with E-state index < -0.39 is 5.91 Å². The average molecular weight is 406 g/mol. The van der Waals surface area contributed by atoms with Crippen molar-refractivity contribution in [3.63, 3.8) is 0 Å². The number of pyridine rings is 1. The van der Waals surface area contributed by atoms with Crippen LogP contribution >= 0.6 is 11.6 Å². The lowest BCUT2D eigenvalue weighted by Crippen LogP contribution is -2.13. The highest BCUT2D eigenvalue weighted by molar-refractivity contribution is 6.33. The monoisotopic (exact) mass is 405 g/mol. The molecule has 8 heteroatoms. The minimum absolute atomic E-state index is 0.350. The van der Waals surface area contributed by atoms with E-state index in [4.69, 9.17) is 22.1 Å². The van der Waals surface area contributed by atoms with Crippen molar-refractivity contribution in [1.29, 1.82) is 0 Å². The zero-order valence-corrected chi connectivity index (χ0v) is 16.1. The second-order valence-corrected chi connectivity index (χ2v) is 6.58. The third-order valence-corrected chi connectivity index (χ3v) is 4.63. The molecule has 2 aromatic carbocycles. The van der Waals surface area contributed by atoms with E-state index >= 15 is 0 Å². The number of methoxy groups -OCH3 is 1. The van der Waals surface area contributed by atoms with Gasteiger partial charge in [0.2, 0.25) is 0 Å². The fourth-order valence-corrected chi connectivity index (χ4v) is 3.18. The van der Waals surface area contributed by atoms with E-state index in [9.17, 15) is 4.79 Å². The number of primary amides is 1. The molecule has 0 spiro atoms. The van der Waals surface area contributed by atoms with E-state index in [1.165, 1.54) is 7.11 Å². The van der Waals surface area contributed by atoms with Crippen molar-refractivity contribution < 1.29 is 9.53 Å². The molecule has 7 nitrogen and oxygen atoms in total. The number of aromatic nitrogens is 3. The lowest BCUT2D eigenvalue weighted by atomic mass is 10.1. The first-order valence-electron chi connectivity index (χ1n) is 8.68. The molecule has 0 aliphatic carbocycles. The Kier molecular flexibility index (Phi) is 4.97. The van der Waals surface area contributed by atoms with E-state index in [1.54, 1.807) is 54.9 Å². The van der Waals surface area contributed by atoms with Gasteiger partial charge in [-0.2, -0.15) is 0 Å². The van der Waals surface area contributed by atoms with Gasteiger partial charge in [0, 0.05) is 23.3 Å². The summed E-state index contributed by atoms with van der Waals surface area (Å²) in [5, 5.41) is 4.32. The maximum atomic E-state index is 11.8. The number of anilines is 2. The van der Waals surface area contributed by atoms with Gasteiger partial charge in [0.15, 0.2) is 5.82 Å². The molecule has 0 radical (unpaired) electrons. The number of benzene rings is 2. The van der Waals surface area contributed by atoms with Crippen LogP contribution in [0.1, 0.15) is 10.4 Å². The van der Waals surface area contributed by atoms with E-state index in [0.29, 0.717) is 44.6 Å². The minimum atomic E-state index is -0.542. The van der Waals surface area contributed by atoms with Gasteiger partial charge in [0.05, 0.1) is 28.9 Å². The summed E-state index contributed by atoms with van der Waals surface area (Å²) in [5.74, 6) is 0.895. The van der Waals surface area contributed by atoms with Crippen molar-refractivity contribution in [3.05, 3.63) is 71.5 Å². The normalized spacial score (nSPS) is 10.7. The minimum Gasteiger partial charge on any atom is -0.495 e. The molecule has 0 atom stereocenters. The fourth-order valence-electron chi connectivity index (χ4n) is 2.94. The Morgan fingerprint density at radius 2 is 1.97 bits per heavy atom. The molecule has 0 fully saturated rings. The largest absolute Gasteiger partial charge is 0.495 e. The van der Waals surface area contributed by atoms with Crippen LogP contribution in [-0.2, 0) is 0 Å². The topological polar surface area (TPSA) is 103 Å². The van der Waals surface area contributed by atoms with Crippen LogP contribution in [0.15, 0.2) is 60.9 Å². The molecule has 0 bridgehead atoms. The highest BCUT2D eigenvalue weighted by Gasteiger charge is 2.15. The zero-order chi connectivity index (χ0) is 20.4. The van der Waals surface area contributed by atoms with E-state index in [-0.39, 0.29) is 0 Å². The summed E-state index contributed by atoms with van der Waals surface area (Å²) in [6.45, 7) is 0. The second kappa shape index (κ2) is 7.73. The quantitative estimate of drug-likeness (QED) is 0.516. The summed E-state index contributed by atoms with van der Waals surface area (Å²) in [6.07, 6.45) is 3.35. The maximum Gasteiger partial charge on any atom is 0.250 e. The number of amides is 1. The number of hydrogen-bond donors (Lipinski definition) is 2. The molecule has 0 aliphatic rings. The third-order valence-electron chi connectivity index (χ3n) is 4.33. The van der Waals surface area contributed by atoms with Gasteiger partial charge in [-0.05, 0) is 36.4 Å². The number of halogens is 1. The number of ether oxygens (including phenoxy) is 1. The smallest absolute Gasteiger partial charge is 0.250 e. The van der Waals surface area contributed by atoms with Crippen LogP contribution in [0.2, 0.25) is 5.02 Å². The SMILES string of the molecule is COc1cc2c(Nc3ccccc3C(N)=O)nc(-c3cccnc3)nc2cc1Cl. The summed E-state index contributed by atoms with van der Waals surface area (Å²) >= 11 is 6.30. The van der Waals surface area contributed by atoms with Gasteiger partial charge in [0.1, 0.15) is 11.6 Å². The average Bonchev–Trinajstić information content (AvgIpc) is 2.74. The molecule has 0 saturated heterocycles. The number of hydrogen-bond acceptors (Lipinski definition) is 6. The molecule has 0 unspecified atom stereocenters. The molecule has 0 aliphatic heterocycles. The lowest BCUT2D eigenvalue weighted by Gasteiger charge is -2.14. The molecule has 3 N–H and O–H groups in total. The van der Waals surface area contributed by atoms with Gasteiger partial charge in [0.25, 0.3) is 5.91 Å². The van der Waals surface area contributed by atoms with Gasteiger partial charge in [-0.1, -0.05) is 23.7 Å². The Labute approximate surface area is 171 Å². The number of nitrogens with one attached hydrogen (secondary N) is 1. The zero-order valence-electron chi connectivity index (χ0n) is 15.4. The van der Waals surface area contributed by atoms with Crippen LogP contribution in [0.25, 0.3) is 22.3 Å². The molecule has 2 heterocycles. The Morgan fingerprint density at radius 3 is 2.69 bits per heavy atom. The maximum absolute atomic E-state index is 11.8. The van der Waals surface area contributed by atoms with Crippen molar-refractivity contribution in [2.75, 3.05) is 12.4 Å². The van der Waals surface area contributed by atoms with Crippen LogP contribution in [0, 0.1) is 0 Å². The van der Waals surface area contributed by atoms with Crippen LogP contribution < -0.4 is 15.8 Å². The second-order valence-electron chi connectivity index (χ2n) is 6.18. The first-order valence-corrected chi connectivity index (χ1v) is 9.06. The molecule has 4 rings (SSSR count). The van der Waals surface area contributed by atoms with Crippen LogP contribution in [0.3, 0.4) is 0 Å². The molecule has 144 valence electrons. The number of carbonyl (C=O) groups excluding carboxylic acids is 1. The highest BCUT2D eigenvalue weighted by atomic mass is 35.5. The molecule has 1 amide bonds. The molecular formula is C21H16ClN5O2. The van der Waals surface area contributed by atoms with E-state index in [2.05, 4.69) is 20.3 Å². The van der Waals surface area contributed by atoms with Gasteiger partial charge in [-0.3, -0.25) is 9.78 Å². The highest BCUT2D eigenvalue weighted by Crippen LogP contribution is 2.35. The Morgan fingerprint density at radius 1 is 1.14 bits per heavy atom. The van der Waals surface area contributed by atoms with E-state index in [0.717, 1.165) is 5.56 Å². The summed E-state index contributed by atoms with van der Waals surface area (Å²) in [4.78, 5) is 25.2. The van der Waals surface area contributed by atoms with Gasteiger partial charge >= 0.3 is 0 Å². The summed E-state index contributed by atoms with van der Waals surface area (Å²) < 4.78 is 5.34. The molecule has 29 heavy (non-hydrogen) atoms. The Bertz CT molecular complexity index is 1210. The summed E-state index contributed by atoms with van der Waals surface area (Å²) in [6, 6.07) is 14.1. The summed E-state index contributed by atoms with van der Waals surface area (Å²) in [5.41, 5.74) is 7.75. The molecule has 2 aromatic heterocycles. The molecule has 0 saturated carbocycles. The Balaban J connectivity index is 1.94. The molecule has 4 aromatic rings.